The molecule has 0 aliphatic rings. The van der Waals surface area contributed by atoms with Crippen LogP contribution in [-0.4, -0.2) is 29.3 Å². The molecular formula is C16H16N6OS. The van der Waals surface area contributed by atoms with E-state index in [4.69, 9.17) is 0 Å². The highest BCUT2D eigenvalue weighted by Crippen LogP contribution is 2.27. The maximum Gasteiger partial charge on any atom is 0.271 e. The van der Waals surface area contributed by atoms with Gasteiger partial charge in [0.15, 0.2) is 5.82 Å². The van der Waals surface area contributed by atoms with Crippen LogP contribution in [0, 0.1) is 6.92 Å². The van der Waals surface area contributed by atoms with Crippen LogP contribution < -0.4 is 5.56 Å². The smallest absolute Gasteiger partial charge is 0.271 e. The van der Waals surface area contributed by atoms with Crippen LogP contribution in [0.4, 0.5) is 0 Å². The molecule has 0 aromatic carbocycles. The van der Waals surface area contributed by atoms with Crippen LogP contribution in [0.25, 0.3) is 20.4 Å². The van der Waals surface area contributed by atoms with E-state index in [0.717, 1.165) is 40.3 Å². The zero-order valence-electron chi connectivity index (χ0n) is 13.4. The summed E-state index contributed by atoms with van der Waals surface area (Å²) in [5.74, 6) is 1.64. The fourth-order valence-electron chi connectivity index (χ4n) is 2.82. The molecule has 0 saturated carbocycles. The highest BCUT2D eigenvalue weighted by Gasteiger charge is 2.14. The number of hydrogen-bond donors (Lipinski definition) is 0. The molecule has 0 atom stereocenters. The molecule has 24 heavy (non-hydrogen) atoms. The molecule has 7 nitrogen and oxygen atoms in total. The van der Waals surface area contributed by atoms with Crippen LogP contribution in [-0.2, 0) is 13.1 Å². The highest BCUT2D eigenvalue weighted by molar-refractivity contribution is 7.25. The van der Waals surface area contributed by atoms with Crippen LogP contribution in [0.1, 0.15) is 25.0 Å². The van der Waals surface area contributed by atoms with Crippen LogP contribution in [0.2, 0.25) is 0 Å². The lowest BCUT2D eigenvalue weighted by Crippen LogP contribution is -2.22. The summed E-state index contributed by atoms with van der Waals surface area (Å²) in [6.45, 7) is 5.23. The first kappa shape index (κ1) is 14.9. The van der Waals surface area contributed by atoms with E-state index in [1.54, 1.807) is 17.1 Å². The molecule has 0 N–H and O–H groups in total. The van der Waals surface area contributed by atoms with Crippen LogP contribution in [0.15, 0.2) is 29.5 Å². The van der Waals surface area contributed by atoms with Crippen molar-refractivity contribution in [1.82, 2.24) is 29.3 Å². The maximum absolute atomic E-state index is 12.8. The third kappa shape index (κ3) is 2.30. The van der Waals surface area contributed by atoms with E-state index in [1.165, 1.54) is 11.3 Å². The summed E-state index contributed by atoms with van der Waals surface area (Å²) in [6, 6.07) is 3.80. The first-order chi connectivity index (χ1) is 11.7. The first-order valence-corrected chi connectivity index (χ1v) is 8.62. The van der Waals surface area contributed by atoms with Gasteiger partial charge in [0.2, 0.25) is 0 Å². The van der Waals surface area contributed by atoms with Gasteiger partial charge < -0.3 is 4.57 Å². The molecule has 0 bridgehead atoms. The second-order valence-electron chi connectivity index (χ2n) is 5.63. The van der Waals surface area contributed by atoms with Gasteiger partial charge in [0.25, 0.3) is 5.56 Å². The molecule has 0 radical (unpaired) electrons. The van der Waals surface area contributed by atoms with Crippen molar-refractivity contribution in [2.75, 3.05) is 0 Å². The average molecular weight is 340 g/mol. The monoisotopic (exact) mass is 340 g/mol. The highest BCUT2D eigenvalue weighted by atomic mass is 32.1. The van der Waals surface area contributed by atoms with Gasteiger partial charge in [0, 0.05) is 18.1 Å². The molecule has 0 saturated heterocycles. The molecule has 0 aliphatic carbocycles. The largest absolute Gasteiger partial charge is 0.314 e. The number of hydrogen-bond acceptors (Lipinski definition) is 6. The van der Waals surface area contributed by atoms with Gasteiger partial charge in [-0.25, -0.2) is 9.97 Å². The van der Waals surface area contributed by atoms with E-state index in [1.807, 2.05) is 23.6 Å². The number of thiophene rings is 1. The summed E-state index contributed by atoms with van der Waals surface area (Å²) < 4.78 is 4.26. The van der Waals surface area contributed by atoms with Crippen molar-refractivity contribution in [3.05, 3.63) is 46.7 Å². The van der Waals surface area contributed by atoms with Gasteiger partial charge >= 0.3 is 0 Å². The van der Waals surface area contributed by atoms with Crippen molar-refractivity contribution in [1.29, 1.82) is 0 Å². The Bertz CT molecular complexity index is 1090. The Morgan fingerprint density at radius 1 is 1.25 bits per heavy atom. The molecule has 0 fully saturated rings. The van der Waals surface area contributed by atoms with Crippen LogP contribution in [0.5, 0.6) is 0 Å². The summed E-state index contributed by atoms with van der Waals surface area (Å²) >= 11 is 1.38. The van der Waals surface area contributed by atoms with E-state index in [9.17, 15) is 4.79 Å². The van der Waals surface area contributed by atoms with Gasteiger partial charge in [-0.15, -0.1) is 21.5 Å². The molecule has 4 heterocycles. The van der Waals surface area contributed by atoms with Gasteiger partial charge in [-0.05, 0) is 25.5 Å². The number of rotatable bonds is 4. The Labute approximate surface area is 141 Å². The standard InChI is InChI=1S/C16H16N6OS/c1-3-7-22-10(2)19-20-12(22)8-21-9-18-13-11-5-4-6-17-15(11)24-14(13)16(21)23/h4-6,9H,3,7-8H2,1-2H3. The fraction of sp³-hybridized carbons (Fsp3) is 0.312. The molecule has 122 valence electrons. The topological polar surface area (TPSA) is 78.5 Å². The van der Waals surface area contributed by atoms with Crippen molar-refractivity contribution < 1.29 is 0 Å². The lowest BCUT2D eigenvalue weighted by molar-refractivity contribution is 0.592. The molecule has 0 unspecified atom stereocenters. The molecule has 4 aromatic heterocycles. The SMILES string of the molecule is CCCn1c(C)nnc1Cn1cnc2c(sc3ncccc32)c1=O. The number of fused-ring (bicyclic) bond motifs is 3. The average Bonchev–Trinajstić information content (AvgIpc) is 3.13. The van der Waals surface area contributed by atoms with E-state index >= 15 is 0 Å². The molecule has 0 aliphatic heterocycles. The van der Waals surface area contributed by atoms with Crippen LogP contribution in [0.3, 0.4) is 0 Å². The summed E-state index contributed by atoms with van der Waals surface area (Å²) in [7, 11) is 0. The second kappa shape index (κ2) is 5.79. The Morgan fingerprint density at radius 2 is 2.12 bits per heavy atom. The summed E-state index contributed by atoms with van der Waals surface area (Å²) in [5, 5.41) is 9.26. The van der Waals surface area contributed by atoms with Crippen molar-refractivity contribution >= 4 is 31.8 Å². The van der Waals surface area contributed by atoms with Crippen molar-refractivity contribution in [3.63, 3.8) is 0 Å². The minimum Gasteiger partial charge on any atom is -0.314 e. The predicted octanol–water partition coefficient (Wildman–Crippen LogP) is 2.36. The Hall–Kier alpha value is -2.61. The summed E-state index contributed by atoms with van der Waals surface area (Å²) in [6.07, 6.45) is 4.30. The maximum atomic E-state index is 12.8. The van der Waals surface area contributed by atoms with Crippen LogP contribution >= 0.6 is 11.3 Å². The number of nitrogens with zero attached hydrogens (tertiary/aromatic N) is 6. The minimum absolute atomic E-state index is 0.0632. The van der Waals surface area contributed by atoms with Gasteiger partial charge in [-0.1, -0.05) is 6.92 Å². The van der Waals surface area contributed by atoms with Gasteiger partial charge in [0.1, 0.15) is 15.4 Å². The van der Waals surface area contributed by atoms with Gasteiger partial charge in [0.05, 0.1) is 18.4 Å². The quantitative estimate of drug-likeness (QED) is 0.570. The molecular weight excluding hydrogens is 324 g/mol. The fourth-order valence-corrected chi connectivity index (χ4v) is 3.87. The normalized spacial score (nSPS) is 11.6. The minimum atomic E-state index is -0.0632. The lowest BCUT2D eigenvalue weighted by Gasteiger charge is -2.08. The third-order valence-electron chi connectivity index (χ3n) is 3.99. The molecule has 0 spiro atoms. The summed E-state index contributed by atoms with van der Waals surface area (Å²) in [5.41, 5.74) is 0.655. The lowest BCUT2D eigenvalue weighted by atomic mass is 10.3. The molecule has 4 rings (SSSR count). The summed E-state index contributed by atoms with van der Waals surface area (Å²) in [4.78, 5) is 22.5. The van der Waals surface area contributed by atoms with Crippen molar-refractivity contribution in [2.24, 2.45) is 0 Å². The zero-order chi connectivity index (χ0) is 16.7. The number of aryl methyl sites for hydroxylation is 1. The molecule has 0 amide bonds. The van der Waals surface area contributed by atoms with E-state index in [-0.39, 0.29) is 5.56 Å². The molecule has 8 heteroatoms. The van der Waals surface area contributed by atoms with Gasteiger partial charge in [-0.2, -0.15) is 0 Å². The third-order valence-corrected chi connectivity index (χ3v) is 5.08. The van der Waals surface area contributed by atoms with E-state index in [0.29, 0.717) is 11.2 Å². The second-order valence-corrected chi connectivity index (χ2v) is 6.63. The first-order valence-electron chi connectivity index (χ1n) is 7.80. The van der Waals surface area contributed by atoms with Gasteiger partial charge in [-0.3, -0.25) is 9.36 Å². The Balaban J connectivity index is 1.82. The van der Waals surface area contributed by atoms with E-state index in [2.05, 4.69) is 27.1 Å². The van der Waals surface area contributed by atoms with E-state index < -0.39 is 0 Å². The van der Waals surface area contributed by atoms with Crippen molar-refractivity contribution in [3.8, 4) is 0 Å². The number of aromatic nitrogens is 6. The predicted molar refractivity (Wildman–Crippen MR) is 93.3 cm³/mol. The zero-order valence-corrected chi connectivity index (χ0v) is 14.2. The number of pyridine rings is 1. The molecule has 4 aromatic rings. The van der Waals surface area contributed by atoms with Crippen molar-refractivity contribution in [2.45, 2.75) is 33.4 Å². The Kier molecular flexibility index (Phi) is 3.61. The Morgan fingerprint density at radius 3 is 2.96 bits per heavy atom.